The molecule has 0 saturated heterocycles. The van der Waals surface area contributed by atoms with Gasteiger partial charge in [0.05, 0.1) is 13.3 Å². The first-order valence-corrected chi connectivity index (χ1v) is 6.79. The quantitative estimate of drug-likeness (QED) is 0.658. The SMILES string of the molecule is COc1ccc(C=NNC(=O)C(OC)c2ccccc2)cc1. The lowest BCUT2D eigenvalue weighted by Gasteiger charge is -2.13. The van der Waals surface area contributed by atoms with Gasteiger partial charge in [-0.25, -0.2) is 5.43 Å². The van der Waals surface area contributed by atoms with Crippen molar-refractivity contribution in [3.63, 3.8) is 0 Å². The van der Waals surface area contributed by atoms with Crippen molar-refractivity contribution in [1.82, 2.24) is 5.43 Å². The van der Waals surface area contributed by atoms with Gasteiger partial charge in [-0.15, -0.1) is 0 Å². The number of ether oxygens (including phenoxy) is 2. The summed E-state index contributed by atoms with van der Waals surface area (Å²) < 4.78 is 10.3. The average Bonchev–Trinajstić information content (AvgIpc) is 2.57. The Kier molecular flexibility index (Phi) is 5.68. The van der Waals surface area contributed by atoms with E-state index >= 15 is 0 Å². The summed E-state index contributed by atoms with van der Waals surface area (Å²) in [6, 6.07) is 16.6. The van der Waals surface area contributed by atoms with Crippen LogP contribution in [-0.2, 0) is 9.53 Å². The van der Waals surface area contributed by atoms with E-state index in [1.165, 1.54) is 7.11 Å². The van der Waals surface area contributed by atoms with Gasteiger partial charge in [-0.2, -0.15) is 5.10 Å². The highest BCUT2D eigenvalue weighted by atomic mass is 16.5. The monoisotopic (exact) mass is 298 g/mol. The molecule has 1 amide bonds. The van der Waals surface area contributed by atoms with Crippen LogP contribution >= 0.6 is 0 Å². The molecule has 2 aromatic carbocycles. The van der Waals surface area contributed by atoms with E-state index in [-0.39, 0.29) is 5.91 Å². The van der Waals surface area contributed by atoms with Crippen molar-refractivity contribution in [1.29, 1.82) is 0 Å². The molecule has 0 heterocycles. The number of hydrazone groups is 1. The van der Waals surface area contributed by atoms with Crippen molar-refractivity contribution in [2.45, 2.75) is 6.10 Å². The largest absolute Gasteiger partial charge is 0.497 e. The maximum atomic E-state index is 12.1. The van der Waals surface area contributed by atoms with Gasteiger partial charge >= 0.3 is 0 Å². The third-order valence-electron chi connectivity index (χ3n) is 3.08. The molecule has 1 atom stereocenters. The summed E-state index contributed by atoms with van der Waals surface area (Å²) in [6.45, 7) is 0. The van der Waals surface area contributed by atoms with Crippen LogP contribution in [-0.4, -0.2) is 26.3 Å². The van der Waals surface area contributed by atoms with Crippen molar-refractivity contribution in [3.05, 3.63) is 65.7 Å². The predicted octanol–water partition coefficient (Wildman–Crippen LogP) is 2.53. The van der Waals surface area contributed by atoms with Gasteiger partial charge in [-0.3, -0.25) is 4.79 Å². The Hall–Kier alpha value is -2.66. The van der Waals surface area contributed by atoms with Crippen LogP contribution < -0.4 is 10.2 Å². The van der Waals surface area contributed by atoms with Gasteiger partial charge < -0.3 is 9.47 Å². The lowest BCUT2D eigenvalue weighted by atomic mass is 10.1. The van der Waals surface area contributed by atoms with E-state index in [0.717, 1.165) is 16.9 Å². The number of carbonyl (C=O) groups is 1. The molecule has 0 bridgehead atoms. The maximum absolute atomic E-state index is 12.1. The summed E-state index contributed by atoms with van der Waals surface area (Å²) in [4.78, 5) is 12.1. The van der Waals surface area contributed by atoms with Crippen LogP contribution in [0.4, 0.5) is 0 Å². The van der Waals surface area contributed by atoms with Crippen LogP contribution in [0.5, 0.6) is 5.75 Å². The molecular formula is C17H18N2O3. The second kappa shape index (κ2) is 7.95. The molecule has 0 radical (unpaired) electrons. The van der Waals surface area contributed by atoms with Crippen LogP contribution in [0.3, 0.4) is 0 Å². The van der Waals surface area contributed by atoms with E-state index < -0.39 is 6.10 Å². The minimum absolute atomic E-state index is 0.321. The summed E-state index contributed by atoms with van der Waals surface area (Å²) in [5, 5.41) is 3.95. The summed E-state index contributed by atoms with van der Waals surface area (Å²) in [6.07, 6.45) is 0.879. The highest BCUT2D eigenvalue weighted by molar-refractivity contribution is 5.85. The van der Waals surface area contributed by atoms with Gasteiger partial charge in [0.15, 0.2) is 6.10 Å². The Morgan fingerprint density at radius 1 is 1.09 bits per heavy atom. The van der Waals surface area contributed by atoms with Gasteiger partial charge in [-0.05, 0) is 35.4 Å². The molecule has 1 N–H and O–H groups in total. The number of nitrogens with zero attached hydrogens (tertiary/aromatic N) is 1. The number of hydrogen-bond acceptors (Lipinski definition) is 4. The Morgan fingerprint density at radius 3 is 2.36 bits per heavy atom. The minimum atomic E-state index is -0.686. The summed E-state index contributed by atoms with van der Waals surface area (Å²) >= 11 is 0. The molecular weight excluding hydrogens is 280 g/mol. The summed E-state index contributed by atoms with van der Waals surface area (Å²) in [7, 11) is 3.10. The number of hydrogen-bond donors (Lipinski definition) is 1. The first-order valence-electron chi connectivity index (χ1n) is 6.79. The van der Waals surface area contributed by atoms with Crippen LogP contribution in [0.1, 0.15) is 17.2 Å². The second-order valence-electron chi connectivity index (χ2n) is 4.53. The molecule has 22 heavy (non-hydrogen) atoms. The van der Waals surface area contributed by atoms with Crippen molar-refractivity contribution in [3.8, 4) is 5.75 Å². The van der Waals surface area contributed by atoms with Crippen molar-refractivity contribution < 1.29 is 14.3 Å². The smallest absolute Gasteiger partial charge is 0.273 e. The number of amides is 1. The molecule has 1 unspecified atom stereocenters. The average molecular weight is 298 g/mol. The molecule has 0 saturated carbocycles. The van der Waals surface area contributed by atoms with Gasteiger partial charge in [0.25, 0.3) is 5.91 Å². The fourth-order valence-corrected chi connectivity index (χ4v) is 1.94. The molecule has 2 rings (SSSR count). The fraction of sp³-hybridized carbons (Fsp3) is 0.176. The van der Waals surface area contributed by atoms with Crippen LogP contribution in [0.2, 0.25) is 0 Å². The fourth-order valence-electron chi connectivity index (χ4n) is 1.94. The van der Waals surface area contributed by atoms with E-state index in [4.69, 9.17) is 9.47 Å². The molecule has 0 spiro atoms. The molecule has 0 fully saturated rings. The number of carbonyl (C=O) groups excluding carboxylic acids is 1. The van der Waals surface area contributed by atoms with E-state index in [1.54, 1.807) is 13.3 Å². The summed E-state index contributed by atoms with van der Waals surface area (Å²) in [5.41, 5.74) is 4.12. The number of benzene rings is 2. The van der Waals surface area contributed by atoms with E-state index in [1.807, 2.05) is 54.6 Å². The molecule has 0 aliphatic heterocycles. The Labute approximate surface area is 129 Å². The first-order chi connectivity index (χ1) is 10.7. The lowest BCUT2D eigenvalue weighted by Crippen LogP contribution is -2.26. The highest BCUT2D eigenvalue weighted by Crippen LogP contribution is 2.16. The van der Waals surface area contributed by atoms with Crippen molar-refractivity contribution in [2.75, 3.05) is 14.2 Å². The topological polar surface area (TPSA) is 59.9 Å². The first kappa shape index (κ1) is 15.7. The van der Waals surface area contributed by atoms with Crippen molar-refractivity contribution in [2.24, 2.45) is 5.10 Å². The zero-order valence-corrected chi connectivity index (χ0v) is 12.5. The molecule has 0 aliphatic rings. The van der Waals surface area contributed by atoms with E-state index in [9.17, 15) is 4.79 Å². The zero-order valence-electron chi connectivity index (χ0n) is 12.5. The molecule has 0 aromatic heterocycles. The number of methoxy groups -OCH3 is 2. The van der Waals surface area contributed by atoms with Crippen LogP contribution in [0.25, 0.3) is 0 Å². The highest BCUT2D eigenvalue weighted by Gasteiger charge is 2.18. The molecule has 114 valence electrons. The third kappa shape index (κ3) is 4.17. The Morgan fingerprint density at radius 2 is 1.77 bits per heavy atom. The van der Waals surface area contributed by atoms with Gasteiger partial charge in [0.1, 0.15) is 5.75 Å². The molecule has 5 heteroatoms. The maximum Gasteiger partial charge on any atom is 0.273 e. The molecule has 5 nitrogen and oxygen atoms in total. The third-order valence-corrected chi connectivity index (χ3v) is 3.08. The molecule has 2 aromatic rings. The summed E-state index contributed by atoms with van der Waals surface area (Å²) in [5.74, 6) is 0.447. The standard InChI is InChI=1S/C17H18N2O3/c1-21-15-10-8-13(9-11-15)12-18-19-17(20)16(22-2)14-6-4-3-5-7-14/h3-12,16H,1-2H3,(H,19,20). The van der Waals surface area contributed by atoms with Gasteiger partial charge in [0.2, 0.25) is 0 Å². The van der Waals surface area contributed by atoms with Crippen molar-refractivity contribution >= 4 is 12.1 Å². The van der Waals surface area contributed by atoms with Gasteiger partial charge in [-0.1, -0.05) is 30.3 Å². The van der Waals surface area contributed by atoms with Gasteiger partial charge in [0, 0.05) is 7.11 Å². The lowest BCUT2D eigenvalue weighted by molar-refractivity contribution is -0.131. The predicted molar refractivity (Wildman–Crippen MR) is 84.9 cm³/mol. The van der Waals surface area contributed by atoms with E-state index in [2.05, 4.69) is 10.5 Å². The Bertz CT molecular complexity index is 624. The van der Waals surface area contributed by atoms with E-state index in [0.29, 0.717) is 0 Å². The van der Waals surface area contributed by atoms with Crippen LogP contribution in [0, 0.1) is 0 Å². The molecule has 0 aliphatic carbocycles. The number of rotatable bonds is 6. The zero-order chi connectivity index (χ0) is 15.8. The Balaban J connectivity index is 1.97. The number of nitrogens with one attached hydrogen (secondary N) is 1. The minimum Gasteiger partial charge on any atom is -0.497 e. The second-order valence-corrected chi connectivity index (χ2v) is 4.53. The normalized spacial score (nSPS) is 12.1. The van der Waals surface area contributed by atoms with Crippen LogP contribution in [0.15, 0.2) is 59.7 Å².